The van der Waals surface area contributed by atoms with Crippen LogP contribution in [0.15, 0.2) is 90.8 Å². The second kappa shape index (κ2) is 8.79. The fourth-order valence-electron chi connectivity index (χ4n) is 5.97. The Balaban J connectivity index is 1.86. The van der Waals surface area contributed by atoms with Crippen molar-refractivity contribution in [2.24, 2.45) is 5.41 Å². The minimum Gasteiger partial charge on any atom is -0.377 e. The van der Waals surface area contributed by atoms with Crippen LogP contribution in [0.3, 0.4) is 0 Å². The summed E-state index contributed by atoms with van der Waals surface area (Å²) in [4.78, 5) is 42.7. The molecule has 5 nitrogen and oxygen atoms in total. The summed E-state index contributed by atoms with van der Waals surface area (Å²) in [6.45, 7) is 6.56. The zero-order valence-electron chi connectivity index (χ0n) is 21.4. The van der Waals surface area contributed by atoms with Crippen LogP contribution < -0.4 is 0 Å². The lowest BCUT2D eigenvalue weighted by molar-refractivity contribution is -0.155. The van der Waals surface area contributed by atoms with Gasteiger partial charge in [-0.2, -0.15) is 0 Å². The molecule has 0 unspecified atom stereocenters. The Morgan fingerprint density at radius 3 is 2.00 bits per heavy atom. The third kappa shape index (κ3) is 3.45. The van der Waals surface area contributed by atoms with Crippen LogP contribution in [0, 0.1) is 19.3 Å². The van der Waals surface area contributed by atoms with E-state index in [1.165, 1.54) is 19.9 Å². The van der Waals surface area contributed by atoms with Gasteiger partial charge in [0, 0.05) is 17.8 Å². The predicted molar refractivity (Wildman–Crippen MR) is 143 cm³/mol. The number of allylic oxidation sites excluding steroid dienone is 1. The number of ketones is 3. The van der Waals surface area contributed by atoms with Crippen molar-refractivity contribution in [3.8, 4) is 0 Å². The van der Waals surface area contributed by atoms with Gasteiger partial charge in [0.2, 0.25) is 0 Å². The number of rotatable bonds is 5. The van der Waals surface area contributed by atoms with E-state index < -0.39 is 28.6 Å². The average Bonchev–Trinajstić information content (AvgIpc) is 3.11. The molecular weight excluding hydrogens is 462 g/mol. The molecule has 37 heavy (non-hydrogen) atoms. The minimum absolute atomic E-state index is 0.197. The van der Waals surface area contributed by atoms with Gasteiger partial charge in [-0.15, -0.1) is 0 Å². The number of hydrogen-bond donors (Lipinski definition) is 1. The third-order valence-corrected chi connectivity index (χ3v) is 7.80. The van der Waals surface area contributed by atoms with Crippen molar-refractivity contribution in [2.45, 2.75) is 39.3 Å². The Labute approximate surface area is 216 Å². The van der Waals surface area contributed by atoms with Gasteiger partial charge < -0.3 is 10.0 Å². The fraction of sp³-hybridized carbons (Fsp3) is 0.219. The van der Waals surface area contributed by atoms with E-state index in [4.69, 9.17) is 0 Å². The normalized spacial score (nSPS) is 22.5. The van der Waals surface area contributed by atoms with Gasteiger partial charge in [-0.3, -0.25) is 14.4 Å². The summed E-state index contributed by atoms with van der Waals surface area (Å²) in [5.41, 5.74) is 0.628. The van der Waals surface area contributed by atoms with Crippen LogP contribution in [0.1, 0.15) is 58.1 Å². The molecule has 0 spiro atoms. The van der Waals surface area contributed by atoms with E-state index in [-0.39, 0.29) is 11.5 Å². The number of benzene rings is 3. The molecule has 1 saturated heterocycles. The topological polar surface area (TPSA) is 74.7 Å². The number of carbonyl (C=O) groups excluding carboxylic acids is 3. The van der Waals surface area contributed by atoms with Gasteiger partial charge in [-0.05, 0) is 50.5 Å². The molecular formula is C32H29NO4. The van der Waals surface area contributed by atoms with Crippen molar-refractivity contribution in [1.29, 1.82) is 0 Å². The van der Waals surface area contributed by atoms with E-state index in [1.807, 2.05) is 68.5 Å². The number of aryl methyl sites for hydroxylation is 2. The van der Waals surface area contributed by atoms with Gasteiger partial charge >= 0.3 is 0 Å². The maximum Gasteiger partial charge on any atom is 0.187 e. The van der Waals surface area contributed by atoms with Gasteiger partial charge in [-0.25, -0.2) is 0 Å². The maximum absolute atomic E-state index is 13.7. The highest BCUT2D eigenvalue weighted by molar-refractivity contribution is 6.10. The highest BCUT2D eigenvalue weighted by Crippen LogP contribution is 2.64. The Kier molecular flexibility index (Phi) is 5.84. The van der Waals surface area contributed by atoms with Crippen LogP contribution in [0.4, 0.5) is 0 Å². The van der Waals surface area contributed by atoms with E-state index >= 15 is 0 Å². The second-order valence-corrected chi connectivity index (χ2v) is 10.0. The van der Waals surface area contributed by atoms with Crippen LogP contribution in [0.5, 0.6) is 0 Å². The Bertz CT molecular complexity index is 1470. The molecule has 1 N–H and O–H groups in total. The van der Waals surface area contributed by atoms with Crippen LogP contribution in [0.25, 0.3) is 6.08 Å². The molecule has 3 aromatic carbocycles. The molecule has 2 heterocycles. The van der Waals surface area contributed by atoms with Gasteiger partial charge in [0.05, 0.1) is 11.7 Å². The molecule has 0 amide bonds. The molecule has 0 aromatic heterocycles. The zero-order valence-corrected chi connectivity index (χ0v) is 21.4. The summed E-state index contributed by atoms with van der Waals surface area (Å²) in [7, 11) is 0. The number of nitrogens with zero attached hydrogens (tertiary/aromatic N) is 1. The number of hydrogen-bond acceptors (Lipinski definition) is 5. The fourth-order valence-corrected chi connectivity index (χ4v) is 5.97. The van der Waals surface area contributed by atoms with Crippen molar-refractivity contribution in [3.63, 3.8) is 0 Å². The molecule has 3 aromatic rings. The molecule has 0 saturated carbocycles. The molecule has 2 atom stereocenters. The minimum atomic E-state index is -2.09. The third-order valence-electron chi connectivity index (χ3n) is 7.80. The first kappa shape index (κ1) is 24.6. The molecule has 1 fully saturated rings. The van der Waals surface area contributed by atoms with Crippen molar-refractivity contribution in [3.05, 3.63) is 124 Å². The number of carbonyl (C=O) groups is 3. The highest BCUT2D eigenvalue weighted by atomic mass is 16.3. The van der Waals surface area contributed by atoms with E-state index in [0.29, 0.717) is 11.1 Å². The zero-order chi connectivity index (χ0) is 26.5. The summed E-state index contributed by atoms with van der Waals surface area (Å²) in [6, 6.07) is 21.0. The summed E-state index contributed by atoms with van der Waals surface area (Å²) in [5.74, 6) is -1.25. The molecule has 2 aliphatic heterocycles. The Morgan fingerprint density at radius 1 is 0.838 bits per heavy atom. The molecule has 2 aliphatic rings. The van der Waals surface area contributed by atoms with E-state index in [1.54, 1.807) is 35.4 Å². The van der Waals surface area contributed by atoms with Crippen LogP contribution in [-0.2, 0) is 15.2 Å². The first-order valence-electron chi connectivity index (χ1n) is 12.3. The lowest BCUT2D eigenvalue weighted by atomic mass is 9.60. The maximum atomic E-state index is 13.7. The van der Waals surface area contributed by atoms with Gasteiger partial charge in [0.1, 0.15) is 17.0 Å². The standard InChI is InChI=1S/C32H29NO4/c1-20-9-13-25(14-10-20)28(36)19-29-32(37,26-15-11-21(2)12-16-26)31(22(3)34,23(4)35)30-27-8-6-5-7-24(27)17-18-33(29)30/h5-19,30,37H,1-4H3/b29-19+/t30-,32-/m0/s1. The van der Waals surface area contributed by atoms with Crippen LogP contribution in [0.2, 0.25) is 0 Å². The van der Waals surface area contributed by atoms with E-state index in [2.05, 4.69) is 0 Å². The summed E-state index contributed by atoms with van der Waals surface area (Å²) >= 11 is 0. The Morgan fingerprint density at radius 2 is 1.41 bits per heavy atom. The summed E-state index contributed by atoms with van der Waals surface area (Å²) in [5, 5.41) is 12.8. The molecule has 0 radical (unpaired) electrons. The van der Waals surface area contributed by atoms with Crippen molar-refractivity contribution in [2.75, 3.05) is 0 Å². The SMILES string of the molecule is CC(=O)C1(C(C)=O)[C@@H]2c3ccccc3C=CN2/C(=C/C(=O)c2ccc(C)cc2)[C@@]1(O)c1ccc(C)cc1. The highest BCUT2D eigenvalue weighted by Gasteiger charge is 2.72. The summed E-state index contributed by atoms with van der Waals surface area (Å²) < 4.78 is 0. The molecule has 186 valence electrons. The van der Waals surface area contributed by atoms with Gasteiger partial charge in [0.25, 0.3) is 0 Å². The first-order chi connectivity index (χ1) is 17.6. The number of Topliss-reactive ketones (excluding diaryl/α,β-unsaturated/α-hetero) is 2. The monoisotopic (exact) mass is 491 g/mol. The van der Waals surface area contributed by atoms with Crippen LogP contribution in [-0.4, -0.2) is 27.4 Å². The smallest absolute Gasteiger partial charge is 0.187 e. The van der Waals surface area contributed by atoms with E-state index in [9.17, 15) is 19.5 Å². The molecule has 5 rings (SSSR count). The van der Waals surface area contributed by atoms with Crippen molar-refractivity contribution >= 4 is 23.4 Å². The Hall–Kier alpha value is -4.09. The lowest BCUT2D eigenvalue weighted by Gasteiger charge is -2.42. The molecule has 0 aliphatic carbocycles. The van der Waals surface area contributed by atoms with Crippen molar-refractivity contribution in [1.82, 2.24) is 4.90 Å². The first-order valence-corrected chi connectivity index (χ1v) is 12.3. The number of aliphatic hydroxyl groups is 1. The second-order valence-electron chi connectivity index (χ2n) is 10.0. The van der Waals surface area contributed by atoms with E-state index in [0.717, 1.165) is 22.3 Å². The van der Waals surface area contributed by atoms with Gasteiger partial charge in [-0.1, -0.05) is 83.9 Å². The quantitative estimate of drug-likeness (QED) is 0.291. The largest absolute Gasteiger partial charge is 0.377 e. The summed E-state index contributed by atoms with van der Waals surface area (Å²) in [6.07, 6.45) is 5.01. The van der Waals surface area contributed by atoms with Crippen molar-refractivity contribution < 1.29 is 19.5 Å². The predicted octanol–water partition coefficient (Wildman–Crippen LogP) is 5.46. The lowest BCUT2D eigenvalue weighted by Crippen LogP contribution is -2.54. The van der Waals surface area contributed by atoms with Crippen LogP contribution >= 0.6 is 0 Å². The van der Waals surface area contributed by atoms with Gasteiger partial charge in [0.15, 0.2) is 11.4 Å². The number of fused-ring (bicyclic) bond motifs is 3. The molecule has 0 bridgehead atoms. The molecule has 5 heteroatoms. The average molecular weight is 492 g/mol.